The van der Waals surface area contributed by atoms with E-state index in [1.165, 1.54) is 0 Å². The van der Waals surface area contributed by atoms with Crippen molar-refractivity contribution < 1.29 is 9.59 Å². The summed E-state index contributed by atoms with van der Waals surface area (Å²) in [6, 6.07) is 3.35. The number of amides is 2. The second kappa shape index (κ2) is 7.53. The van der Waals surface area contributed by atoms with Crippen LogP contribution < -0.4 is 5.32 Å². The monoisotopic (exact) mass is 396 g/mol. The largest absolute Gasteiger partial charge is 0.346 e. The Morgan fingerprint density at radius 2 is 2.14 bits per heavy atom. The van der Waals surface area contributed by atoms with Gasteiger partial charge in [-0.25, -0.2) is 4.68 Å². The fourth-order valence-corrected chi connectivity index (χ4v) is 3.34. The molecule has 1 fully saturated rings. The van der Waals surface area contributed by atoms with Gasteiger partial charge in [-0.2, -0.15) is 15.3 Å². The van der Waals surface area contributed by atoms with Gasteiger partial charge in [-0.1, -0.05) is 13.8 Å². The predicted octanol–water partition coefficient (Wildman–Crippen LogP) is 1.10. The van der Waals surface area contributed by atoms with Crippen molar-refractivity contribution in [1.82, 2.24) is 40.0 Å². The summed E-state index contributed by atoms with van der Waals surface area (Å²) < 4.78 is 3.28. The van der Waals surface area contributed by atoms with Crippen LogP contribution in [0.2, 0.25) is 0 Å². The van der Waals surface area contributed by atoms with Gasteiger partial charge in [0, 0.05) is 38.1 Å². The van der Waals surface area contributed by atoms with E-state index in [0.717, 1.165) is 11.4 Å². The summed E-state index contributed by atoms with van der Waals surface area (Å²) in [5.41, 5.74) is 2.45. The molecule has 152 valence electrons. The van der Waals surface area contributed by atoms with E-state index in [4.69, 9.17) is 0 Å². The highest BCUT2D eigenvalue weighted by Gasteiger charge is 2.30. The first-order valence-electron chi connectivity index (χ1n) is 9.61. The van der Waals surface area contributed by atoms with Crippen molar-refractivity contribution in [2.75, 3.05) is 13.1 Å². The Kier molecular flexibility index (Phi) is 4.91. The Hall–Kier alpha value is -3.43. The predicted molar refractivity (Wildman–Crippen MR) is 105 cm³/mol. The summed E-state index contributed by atoms with van der Waals surface area (Å²) in [5.74, 6) is -0.0966. The van der Waals surface area contributed by atoms with Crippen molar-refractivity contribution >= 4 is 11.8 Å². The SMILES string of the molecule is CC(C)c1cc(C(=O)N2CCC(NC(=O)c3ccn(-c4cnn(C)c4)n3)C2)n[nH]1. The van der Waals surface area contributed by atoms with Crippen LogP contribution in [-0.4, -0.2) is 65.6 Å². The number of carbonyl (C=O) groups is 2. The summed E-state index contributed by atoms with van der Waals surface area (Å²) in [7, 11) is 1.82. The molecule has 10 heteroatoms. The van der Waals surface area contributed by atoms with E-state index in [9.17, 15) is 9.59 Å². The first-order valence-corrected chi connectivity index (χ1v) is 9.61. The zero-order valence-electron chi connectivity index (χ0n) is 16.7. The van der Waals surface area contributed by atoms with Crippen LogP contribution in [0.3, 0.4) is 0 Å². The van der Waals surface area contributed by atoms with Gasteiger partial charge in [0.05, 0.1) is 12.4 Å². The highest BCUT2D eigenvalue weighted by atomic mass is 16.2. The normalized spacial score (nSPS) is 16.6. The van der Waals surface area contributed by atoms with E-state index in [-0.39, 0.29) is 23.8 Å². The molecule has 1 unspecified atom stereocenters. The third kappa shape index (κ3) is 3.91. The van der Waals surface area contributed by atoms with E-state index in [0.29, 0.717) is 30.9 Å². The number of hydrogen-bond acceptors (Lipinski definition) is 5. The van der Waals surface area contributed by atoms with E-state index in [2.05, 4.69) is 25.7 Å². The van der Waals surface area contributed by atoms with Crippen LogP contribution in [0.15, 0.2) is 30.7 Å². The number of aromatic amines is 1. The Morgan fingerprint density at radius 1 is 1.31 bits per heavy atom. The maximum atomic E-state index is 12.7. The molecule has 1 saturated heterocycles. The zero-order chi connectivity index (χ0) is 20.5. The summed E-state index contributed by atoms with van der Waals surface area (Å²) >= 11 is 0. The highest BCUT2D eigenvalue weighted by molar-refractivity contribution is 5.94. The Morgan fingerprint density at radius 3 is 2.83 bits per heavy atom. The molecule has 4 rings (SSSR count). The molecule has 1 atom stereocenters. The summed E-state index contributed by atoms with van der Waals surface area (Å²) in [6.45, 7) is 5.12. The number of nitrogens with one attached hydrogen (secondary N) is 2. The van der Waals surface area contributed by atoms with Crippen LogP contribution in [0.1, 0.15) is 52.9 Å². The average molecular weight is 396 g/mol. The third-order valence-electron chi connectivity index (χ3n) is 5.03. The van der Waals surface area contributed by atoms with Crippen molar-refractivity contribution in [3.05, 3.63) is 47.8 Å². The van der Waals surface area contributed by atoms with Crippen molar-refractivity contribution in [3.63, 3.8) is 0 Å². The molecule has 10 nitrogen and oxygen atoms in total. The molecular formula is C19H24N8O2. The highest BCUT2D eigenvalue weighted by Crippen LogP contribution is 2.17. The fraction of sp³-hybridized carbons (Fsp3) is 0.421. The van der Waals surface area contributed by atoms with Crippen molar-refractivity contribution in [3.8, 4) is 5.69 Å². The quantitative estimate of drug-likeness (QED) is 0.670. The Balaban J connectivity index is 1.35. The molecule has 3 aromatic rings. The molecule has 3 aromatic heterocycles. The molecule has 29 heavy (non-hydrogen) atoms. The molecule has 0 aromatic carbocycles. The number of aryl methyl sites for hydroxylation is 1. The molecule has 0 saturated carbocycles. The minimum atomic E-state index is -0.256. The first kappa shape index (κ1) is 18.9. The molecule has 2 amide bonds. The third-order valence-corrected chi connectivity index (χ3v) is 5.03. The lowest BCUT2D eigenvalue weighted by Gasteiger charge is -2.15. The van der Waals surface area contributed by atoms with E-state index < -0.39 is 0 Å². The molecule has 0 bridgehead atoms. The molecule has 1 aliphatic heterocycles. The van der Waals surface area contributed by atoms with Gasteiger partial charge in [-0.3, -0.25) is 19.4 Å². The molecule has 0 radical (unpaired) electrons. The standard InChI is InChI=1S/C19H24N8O2/c1-12(2)16-8-17(23-22-16)19(29)26-6-4-13(10-26)21-18(28)15-5-7-27(24-15)14-9-20-25(3)11-14/h5,7-9,11-13H,4,6,10H2,1-3H3,(H,21,28)(H,22,23). The summed E-state index contributed by atoms with van der Waals surface area (Å²) in [5, 5.41) is 18.4. The van der Waals surface area contributed by atoms with Gasteiger partial charge in [-0.05, 0) is 24.5 Å². The minimum Gasteiger partial charge on any atom is -0.346 e. The van der Waals surface area contributed by atoms with E-state index >= 15 is 0 Å². The number of hydrogen-bond donors (Lipinski definition) is 2. The maximum absolute atomic E-state index is 12.7. The number of rotatable bonds is 5. The smallest absolute Gasteiger partial charge is 0.274 e. The second-order valence-electron chi connectivity index (χ2n) is 7.59. The van der Waals surface area contributed by atoms with Crippen molar-refractivity contribution in [2.45, 2.75) is 32.2 Å². The van der Waals surface area contributed by atoms with Gasteiger partial charge in [0.1, 0.15) is 11.4 Å². The molecule has 2 N–H and O–H groups in total. The van der Waals surface area contributed by atoms with Crippen molar-refractivity contribution in [1.29, 1.82) is 0 Å². The second-order valence-corrected chi connectivity index (χ2v) is 7.59. The molecule has 0 spiro atoms. The lowest BCUT2D eigenvalue weighted by Crippen LogP contribution is -2.38. The number of carbonyl (C=O) groups excluding carboxylic acids is 2. The van der Waals surface area contributed by atoms with E-state index in [1.54, 1.807) is 38.8 Å². The molecule has 0 aliphatic carbocycles. The average Bonchev–Trinajstić information content (AvgIpc) is 3.46. The van der Waals surface area contributed by atoms with E-state index in [1.807, 2.05) is 27.1 Å². The first-order chi connectivity index (χ1) is 13.9. The Bertz CT molecular complexity index is 1030. The van der Waals surface area contributed by atoms with Crippen LogP contribution in [0, 0.1) is 0 Å². The number of likely N-dealkylation sites (tertiary alicyclic amines) is 1. The number of aromatic nitrogens is 6. The molecule has 4 heterocycles. The van der Waals surface area contributed by atoms with Gasteiger partial charge >= 0.3 is 0 Å². The van der Waals surface area contributed by atoms with Gasteiger partial charge in [0.15, 0.2) is 5.69 Å². The maximum Gasteiger partial charge on any atom is 0.274 e. The Labute approximate surface area is 167 Å². The number of H-pyrrole nitrogens is 1. The fourth-order valence-electron chi connectivity index (χ4n) is 3.34. The van der Waals surface area contributed by atoms with Crippen LogP contribution in [0.5, 0.6) is 0 Å². The summed E-state index contributed by atoms with van der Waals surface area (Å²) in [4.78, 5) is 26.9. The number of nitrogens with zero attached hydrogens (tertiary/aromatic N) is 6. The minimum absolute atomic E-state index is 0.112. The van der Waals surface area contributed by atoms with Gasteiger partial charge in [0.25, 0.3) is 11.8 Å². The van der Waals surface area contributed by atoms with Crippen LogP contribution >= 0.6 is 0 Å². The molecular weight excluding hydrogens is 372 g/mol. The van der Waals surface area contributed by atoms with Gasteiger partial charge in [0.2, 0.25) is 0 Å². The lowest BCUT2D eigenvalue weighted by molar-refractivity contribution is 0.0777. The van der Waals surface area contributed by atoms with Crippen molar-refractivity contribution in [2.24, 2.45) is 7.05 Å². The van der Waals surface area contributed by atoms with Gasteiger partial charge < -0.3 is 10.2 Å². The molecule has 1 aliphatic rings. The zero-order valence-corrected chi connectivity index (χ0v) is 16.7. The van der Waals surface area contributed by atoms with Gasteiger partial charge in [-0.15, -0.1) is 0 Å². The van der Waals surface area contributed by atoms with Crippen LogP contribution in [-0.2, 0) is 7.05 Å². The summed E-state index contributed by atoms with van der Waals surface area (Å²) in [6.07, 6.45) is 5.91. The van der Waals surface area contributed by atoms with Crippen LogP contribution in [0.4, 0.5) is 0 Å². The van der Waals surface area contributed by atoms with Crippen LogP contribution in [0.25, 0.3) is 5.69 Å². The topological polar surface area (TPSA) is 114 Å². The lowest BCUT2D eigenvalue weighted by atomic mass is 10.1.